The average Bonchev–Trinajstić information content (AvgIpc) is 3.33. The smallest absolute Gasteiger partial charge is 0.175 e. The van der Waals surface area contributed by atoms with Gasteiger partial charge in [0.1, 0.15) is 12.5 Å². The molecule has 0 radical (unpaired) electrons. The third kappa shape index (κ3) is 5.10. The lowest BCUT2D eigenvalue weighted by Crippen LogP contribution is -2.46. The second-order valence-electron chi connectivity index (χ2n) is 8.86. The molecule has 0 aliphatic carbocycles. The van der Waals surface area contributed by atoms with Crippen LogP contribution in [0, 0.1) is 0 Å². The molecule has 1 aliphatic heterocycles. The molecule has 2 unspecified atom stereocenters. The van der Waals surface area contributed by atoms with Crippen LogP contribution in [0.3, 0.4) is 0 Å². The van der Waals surface area contributed by atoms with Gasteiger partial charge in [0.2, 0.25) is 0 Å². The highest BCUT2D eigenvalue weighted by Crippen LogP contribution is 2.35. The van der Waals surface area contributed by atoms with Crippen LogP contribution in [0.4, 0.5) is 0 Å². The number of benzene rings is 1. The van der Waals surface area contributed by atoms with E-state index in [2.05, 4.69) is 42.8 Å². The standard InChI is InChI=1S/C25H28N6O3S/c1-30(15-18-4-3-7-26-14-18)25(22-6-8-27-17-29-22)31-10-11-34-24(16-31)21-12-19(35(2,32)33)13-23-20(21)5-9-28-23/h3-9,12-14,17,24-25,28H,10-11,15-16H2,1-2H3. The number of morpholine rings is 1. The first-order valence-corrected chi connectivity index (χ1v) is 13.3. The van der Waals surface area contributed by atoms with Gasteiger partial charge in [0.05, 0.1) is 23.3 Å². The molecule has 9 nitrogen and oxygen atoms in total. The molecule has 1 aromatic carbocycles. The Labute approximate surface area is 204 Å². The molecule has 3 aromatic heterocycles. The van der Waals surface area contributed by atoms with E-state index in [4.69, 9.17) is 4.74 Å². The number of ether oxygens (including phenoxy) is 1. The van der Waals surface area contributed by atoms with Crippen molar-refractivity contribution in [2.75, 3.05) is 33.0 Å². The highest BCUT2D eigenvalue weighted by atomic mass is 32.2. The highest BCUT2D eigenvalue weighted by Gasteiger charge is 2.33. The molecule has 0 bridgehead atoms. The van der Waals surface area contributed by atoms with Crippen molar-refractivity contribution in [1.29, 1.82) is 0 Å². The first-order chi connectivity index (χ1) is 16.9. The molecule has 10 heteroatoms. The van der Waals surface area contributed by atoms with Crippen LogP contribution >= 0.6 is 0 Å². The van der Waals surface area contributed by atoms with Gasteiger partial charge < -0.3 is 9.72 Å². The summed E-state index contributed by atoms with van der Waals surface area (Å²) in [6, 6.07) is 11.3. The number of hydrogen-bond acceptors (Lipinski definition) is 8. The van der Waals surface area contributed by atoms with Crippen molar-refractivity contribution in [3.63, 3.8) is 0 Å². The summed E-state index contributed by atoms with van der Waals surface area (Å²) in [5.74, 6) is 0. The molecule has 1 N–H and O–H groups in total. The summed E-state index contributed by atoms with van der Waals surface area (Å²) in [5.41, 5.74) is 3.65. The molecule has 1 fully saturated rings. The molecule has 182 valence electrons. The molecule has 2 atom stereocenters. The first-order valence-electron chi connectivity index (χ1n) is 11.4. The fourth-order valence-electron chi connectivity index (χ4n) is 4.74. The Hall–Kier alpha value is -3.18. The van der Waals surface area contributed by atoms with Crippen molar-refractivity contribution in [3.8, 4) is 0 Å². The topological polar surface area (TPSA) is 104 Å². The summed E-state index contributed by atoms with van der Waals surface area (Å²) >= 11 is 0. The minimum Gasteiger partial charge on any atom is -0.371 e. The van der Waals surface area contributed by atoms with Gasteiger partial charge in [-0.2, -0.15) is 0 Å². The van der Waals surface area contributed by atoms with E-state index in [9.17, 15) is 8.42 Å². The van der Waals surface area contributed by atoms with E-state index >= 15 is 0 Å². The van der Waals surface area contributed by atoms with Crippen LogP contribution < -0.4 is 0 Å². The van der Waals surface area contributed by atoms with Gasteiger partial charge in [-0.05, 0) is 48.5 Å². The third-order valence-electron chi connectivity index (χ3n) is 6.33. The predicted octanol–water partition coefficient (Wildman–Crippen LogP) is 2.96. The summed E-state index contributed by atoms with van der Waals surface area (Å²) in [5, 5.41) is 0.964. The van der Waals surface area contributed by atoms with Crippen molar-refractivity contribution < 1.29 is 13.2 Å². The number of pyridine rings is 1. The Bertz CT molecular complexity index is 1390. The van der Waals surface area contributed by atoms with Crippen molar-refractivity contribution in [2.45, 2.75) is 23.7 Å². The van der Waals surface area contributed by atoms with Gasteiger partial charge in [-0.25, -0.2) is 18.4 Å². The summed E-state index contributed by atoms with van der Waals surface area (Å²) < 4.78 is 30.9. The van der Waals surface area contributed by atoms with Crippen molar-refractivity contribution in [2.24, 2.45) is 0 Å². The van der Waals surface area contributed by atoms with Gasteiger partial charge in [0, 0.05) is 61.6 Å². The Morgan fingerprint density at radius 2 is 2.11 bits per heavy atom. The van der Waals surface area contributed by atoms with E-state index in [0.29, 0.717) is 26.2 Å². The lowest BCUT2D eigenvalue weighted by molar-refractivity contribution is -0.0755. The van der Waals surface area contributed by atoms with Gasteiger partial charge in [-0.3, -0.25) is 14.8 Å². The summed E-state index contributed by atoms with van der Waals surface area (Å²) in [6.07, 6.45) is 9.60. The number of sulfone groups is 1. The second kappa shape index (κ2) is 9.82. The molecule has 5 rings (SSSR count). The van der Waals surface area contributed by atoms with E-state index in [1.165, 1.54) is 6.26 Å². The molecule has 0 saturated carbocycles. The SMILES string of the molecule is CN(Cc1cccnc1)C(c1ccncn1)N1CCOC(c2cc(S(C)(=O)=O)cc3[nH]ccc23)C1. The van der Waals surface area contributed by atoms with Gasteiger partial charge in [-0.1, -0.05) is 6.07 Å². The Balaban J connectivity index is 1.49. The Morgan fingerprint density at radius 1 is 1.23 bits per heavy atom. The van der Waals surface area contributed by atoms with Crippen LogP contribution in [-0.2, 0) is 21.1 Å². The van der Waals surface area contributed by atoms with Crippen LogP contribution in [0.15, 0.2) is 72.4 Å². The zero-order valence-corrected chi connectivity index (χ0v) is 20.5. The monoisotopic (exact) mass is 492 g/mol. The van der Waals surface area contributed by atoms with E-state index in [1.54, 1.807) is 30.9 Å². The average molecular weight is 493 g/mol. The van der Waals surface area contributed by atoms with Crippen molar-refractivity contribution in [3.05, 3.63) is 84.3 Å². The molecule has 1 aliphatic rings. The van der Waals surface area contributed by atoms with E-state index in [-0.39, 0.29) is 17.2 Å². The molecular weight excluding hydrogens is 464 g/mol. The second-order valence-corrected chi connectivity index (χ2v) is 10.9. The van der Waals surface area contributed by atoms with Gasteiger partial charge in [0.15, 0.2) is 9.84 Å². The third-order valence-corrected chi connectivity index (χ3v) is 7.43. The maximum Gasteiger partial charge on any atom is 0.175 e. The first kappa shape index (κ1) is 23.6. The van der Waals surface area contributed by atoms with E-state index < -0.39 is 9.84 Å². The molecule has 4 aromatic rings. The molecular formula is C25H28N6O3S. The maximum absolute atomic E-state index is 12.4. The van der Waals surface area contributed by atoms with Gasteiger partial charge in [-0.15, -0.1) is 0 Å². The van der Waals surface area contributed by atoms with Crippen LogP contribution in [0.2, 0.25) is 0 Å². The minimum absolute atomic E-state index is 0.121. The highest BCUT2D eigenvalue weighted by molar-refractivity contribution is 7.90. The number of aromatic amines is 1. The van der Waals surface area contributed by atoms with Crippen molar-refractivity contribution >= 4 is 20.7 Å². The summed E-state index contributed by atoms with van der Waals surface area (Å²) in [7, 11) is -1.31. The predicted molar refractivity (Wildman–Crippen MR) is 132 cm³/mol. The van der Waals surface area contributed by atoms with Crippen LogP contribution in [0.5, 0.6) is 0 Å². The minimum atomic E-state index is -3.37. The van der Waals surface area contributed by atoms with Crippen LogP contribution in [0.25, 0.3) is 10.9 Å². The van der Waals surface area contributed by atoms with Crippen LogP contribution in [0.1, 0.15) is 29.1 Å². The number of nitrogens with zero attached hydrogens (tertiary/aromatic N) is 5. The number of rotatable bonds is 7. The Kier molecular flexibility index (Phi) is 6.61. The molecule has 35 heavy (non-hydrogen) atoms. The van der Waals surface area contributed by atoms with Gasteiger partial charge >= 0.3 is 0 Å². The molecule has 0 amide bonds. The van der Waals surface area contributed by atoms with Gasteiger partial charge in [0.25, 0.3) is 0 Å². The zero-order chi connectivity index (χ0) is 24.4. The van der Waals surface area contributed by atoms with Crippen molar-refractivity contribution in [1.82, 2.24) is 29.7 Å². The maximum atomic E-state index is 12.4. The summed E-state index contributed by atoms with van der Waals surface area (Å²) in [6.45, 7) is 2.50. The zero-order valence-electron chi connectivity index (χ0n) is 19.7. The number of nitrogens with one attached hydrogen (secondary N) is 1. The quantitative estimate of drug-likeness (QED) is 0.420. The largest absolute Gasteiger partial charge is 0.371 e. The molecule has 0 spiro atoms. The lowest BCUT2D eigenvalue weighted by Gasteiger charge is -2.42. The number of fused-ring (bicyclic) bond motifs is 1. The molecule has 1 saturated heterocycles. The fraction of sp³-hybridized carbons (Fsp3) is 0.320. The Morgan fingerprint density at radius 3 is 2.86 bits per heavy atom. The number of H-pyrrole nitrogens is 1. The van der Waals surface area contributed by atoms with E-state index in [0.717, 1.165) is 27.7 Å². The number of hydrogen-bond donors (Lipinski definition) is 1. The fourth-order valence-corrected chi connectivity index (χ4v) is 5.41. The number of aromatic nitrogens is 4. The van der Waals surface area contributed by atoms with E-state index in [1.807, 2.05) is 30.6 Å². The normalized spacial score (nSPS) is 18.2. The lowest BCUT2D eigenvalue weighted by atomic mass is 10.0. The van der Waals surface area contributed by atoms with Crippen LogP contribution in [-0.4, -0.2) is 71.2 Å². The molecule has 4 heterocycles. The summed E-state index contributed by atoms with van der Waals surface area (Å²) in [4.78, 5) is 20.9.